The molecular weight excluding hydrogens is 220 g/mol. The molecular formula is C12H14N2O3. The smallest absolute Gasteiger partial charge is 0.305 e. The van der Waals surface area contributed by atoms with E-state index in [1.54, 1.807) is 0 Å². The summed E-state index contributed by atoms with van der Waals surface area (Å²) >= 11 is 0. The molecule has 0 bridgehead atoms. The van der Waals surface area contributed by atoms with Gasteiger partial charge in [0.15, 0.2) is 0 Å². The van der Waals surface area contributed by atoms with Crippen LogP contribution >= 0.6 is 0 Å². The standard InChI is InChI=1S/C12H14N2O3/c1-8-3-2-4-9-12(8)14(6-5-11(16)17)7-10(15)13-9/h2-4H,5-7H2,1H3,(H,13,15)(H,16,17). The molecule has 0 aliphatic carbocycles. The highest BCUT2D eigenvalue weighted by Gasteiger charge is 2.23. The van der Waals surface area contributed by atoms with Gasteiger partial charge in [-0.15, -0.1) is 0 Å². The van der Waals surface area contributed by atoms with E-state index in [9.17, 15) is 9.59 Å². The first-order chi connectivity index (χ1) is 8.08. The second-order valence-corrected chi connectivity index (χ2v) is 4.08. The molecule has 0 saturated heterocycles. The summed E-state index contributed by atoms with van der Waals surface area (Å²) in [4.78, 5) is 23.9. The van der Waals surface area contributed by atoms with Gasteiger partial charge in [0, 0.05) is 6.54 Å². The van der Waals surface area contributed by atoms with Crippen molar-refractivity contribution >= 4 is 23.3 Å². The fraction of sp³-hybridized carbons (Fsp3) is 0.333. The molecule has 1 aliphatic rings. The molecule has 0 radical (unpaired) electrons. The monoisotopic (exact) mass is 234 g/mol. The van der Waals surface area contributed by atoms with Crippen LogP contribution in [0, 0.1) is 6.92 Å². The number of hydrogen-bond donors (Lipinski definition) is 2. The third-order valence-corrected chi connectivity index (χ3v) is 2.76. The number of nitrogens with zero attached hydrogens (tertiary/aromatic N) is 1. The Balaban J connectivity index is 2.29. The Morgan fingerprint density at radius 3 is 3.00 bits per heavy atom. The van der Waals surface area contributed by atoms with Gasteiger partial charge in [-0.25, -0.2) is 0 Å². The van der Waals surface area contributed by atoms with Crippen molar-refractivity contribution in [1.29, 1.82) is 0 Å². The van der Waals surface area contributed by atoms with Crippen LogP contribution in [-0.4, -0.2) is 30.1 Å². The third kappa shape index (κ3) is 2.38. The molecule has 5 heteroatoms. The lowest BCUT2D eigenvalue weighted by atomic mass is 10.1. The zero-order valence-corrected chi connectivity index (χ0v) is 9.56. The highest BCUT2D eigenvalue weighted by atomic mass is 16.4. The van der Waals surface area contributed by atoms with E-state index in [0.717, 1.165) is 16.9 Å². The average molecular weight is 234 g/mol. The molecule has 0 spiro atoms. The first-order valence-corrected chi connectivity index (χ1v) is 5.44. The van der Waals surface area contributed by atoms with Gasteiger partial charge in [0.1, 0.15) is 0 Å². The van der Waals surface area contributed by atoms with Gasteiger partial charge >= 0.3 is 5.97 Å². The number of anilines is 2. The zero-order chi connectivity index (χ0) is 12.4. The number of aliphatic carboxylic acids is 1. The summed E-state index contributed by atoms with van der Waals surface area (Å²) in [6.07, 6.45) is 0.0288. The van der Waals surface area contributed by atoms with Gasteiger partial charge in [-0.3, -0.25) is 9.59 Å². The first-order valence-electron chi connectivity index (χ1n) is 5.44. The minimum absolute atomic E-state index is 0.0288. The third-order valence-electron chi connectivity index (χ3n) is 2.76. The number of carboxylic acids is 1. The molecule has 2 rings (SSSR count). The Morgan fingerprint density at radius 2 is 2.29 bits per heavy atom. The minimum Gasteiger partial charge on any atom is -0.481 e. The number of para-hydroxylation sites is 1. The fourth-order valence-corrected chi connectivity index (χ4v) is 2.04. The summed E-state index contributed by atoms with van der Waals surface area (Å²) in [5, 5.41) is 11.5. The number of carbonyl (C=O) groups is 2. The van der Waals surface area contributed by atoms with Gasteiger partial charge in [0.2, 0.25) is 5.91 Å². The SMILES string of the molecule is Cc1cccc2c1N(CCC(=O)O)CC(=O)N2. The molecule has 1 amide bonds. The van der Waals surface area contributed by atoms with E-state index in [2.05, 4.69) is 5.32 Å². The molecule has 0 unspecified atom stereocenters. The Labute approximate surface area is 99.0 Å². The van der Waals surface area contributed by atoms with E-state index in [4.69, 9.17) is 5.11 Å². The van der Waals surface area contributed by atoms with Crippen LogP contribution in [-0.2, 0) is 9.59 Å². The predicted molar refractivity (Wildman–Crippen MR) is 64.3 cm³/mol. The largest absolute Gasteiger partial charge is 0.481 e. The van der Waals surface area contributed by atoms with E-state index in [1.165, 1.54) is 0 Å². The lowest BCUT2D eigenvalue weighted by Gasteiger charge is -2.31. The topological polar surface area (TPSA) is 69.6 Å². The number of nitrogens with one attached hydrogen (secondary N) is 1. The molecule has 0 aromatic heterocycles. The molecule has 1 aromatic carbocycles. The molecule has 17 heavy (non-hydrogen) atoms. The van der Waals surface area contributed by atoms with Crippen molar-refractivity contribution in [3.8, 4) is 0 Å². The van der Waals surface area contributed by atoms with Crippen molar-refractivity contribution in [2.75, 3.05) is 23.3 Å². The normalized spacial score (nSPS) is 14.2. The maximum Gasteiger partial charge on any atom is 0.305 e. The lowest BCUT2D eigenvalue weighted by Crippen LogP contribution is -2.39. The van der Waals surface area contributed by atoms with E-state index in [1.807, 2.05) is 30.0 Å². The van der Waals surface area contributed by atoms with Crippen molar-refractivity contribution in [1.82, 2.24) is 0 Å². The lowest BCUT2D eigenvalue weighted by molar-refractivity contribution is -0.136. The second-order valence-electron chi connectivity index (χ2n) is 4.08. The van der Waals surface area contributed by atoms with Gasteiger partial charge in [-0.05, 0) is 18.6 Å². The molecule has 0 atom stereocenters. The highest BCUT2D eigenvalue weighted by molar-refractivity contribution is 6.01. The molecule has 0 saturated carbocycles. The van der Waals surface area contributed by atoms with E-state index in [0.29, 0.717) is 6.54 Å². The number of hydrogen-bond acceptors (Lipinski definition) is 3. The average Bonchev–Trinajstić information content (AvgIpc) is 2.25. The maximum atomic E-state index is 11.5. The molecule has 1 aliphatic heterocycles. The van der Waals surface area contributed by atoms with E-state index >= 15 is 0 Å². The molecule has 90 valence electrons. The highest BCUT2D eigenvalue weighted by Crippen LogP contribution is 2.32. The number of rotatable bonds is 3. The number of benzene rings is 1. The van der Waals surface area contributed by atoms with Gasteiger partial charge in [0.25, 0.3) is 0 Å². The molecule has 0 fully saturated rings. The van der Waals surface area contributed by atoms with Crippen molar-refractivity contribution in [2.45, 2.75) is 13.3 Å². The number of carboxylic acid groups (broad SMARTS) is 1. The number of fused-ring (bicyclic) bond motifs is 1. The van der Waals surface area contributed by atoms with Crippen LogP contribution in [0.1, 0.15) is 12.0 Å². The molecule has 1 aromatic rings. The Kier molecular flexibility index (Phi) is 2.99. The molecule has 1 heterocycles. The summed E-state index contributed by atoms with van der Waals surface area (Å²) < 4.78 is 0. The first kappa shape index (κ1) is 11.4. The zero-order valence-electron chi connectivity index (χ0n) is 9.56. The van der Waals surface area contributed by atoms with E-state index < -0.39 is 5.97 Å². The predicted octanol–water partition coefficient (Wildman–Crippen LogP) is 1.23. The summed E-state index contributed by atoms with van der Waals surface area (Å²) in [7, 11) is 0. The number of carbonyl (C=O) groups excluding carboxylic acids is 1. The van der Waals surface area contributed by atoms with Crippen molar-refractivity contribution in [3.05, 3.63) is 23.8 Å². The molecule has 5 nitrogen and oxygen atoms in total. The van der Waals surface area contributed by atoms with Crippen LogP contribution in [0.2, 0.25) is 0 Å². The summed E-state index contributed by atoms with van der Waals surface area (Å²) in [5.41, 5.74) is 2.72. The van der Waals surface area contributed by atoms with E-state index in [-0.39, 0.29) is 18.9 Å². The summed E-state index contributed by atoms with van der Waals surface area (Å²) in [6, 6.07) is 5.65. The number of aryl methyl sites for hydroxylation is 1. The van der Waals surface area contributed by atoms with Crippen molar-refractivity contribution in [3.63, 3.8) is 0 Å². The van der Waals surface area contributed by atoms with Crippen LogP contribution in [0.5, 0.6) is 0 Å². The van der Waals surface area contributed by atoms with Gasteiger partial charge < -0.3 is 15.3 Å². The molecule has 2 N–H and O–H groups in total. The van der Waals surface area contributed by atoms with Gasteiger partial charge in [-0.2, -0.15) is 0 Å². The minimum atomic E-state index is -0.855. The Bertz CT molecular complexity index is 471. The fourth-order valence-electron chi connectivity index (χ4n) is 2.04. The second kappa shape index (κ2) is 4.45. The van der Waals surface area contributed by atoms with Gasteiger partial charge in [0.05, 0.1) is 24.3 Å². The summed E-state index contributed by atoms with van der Waals surface area (Å²) in [5.74, 6) is -0.959. The van der Waals surface area contributed by atoms with Crippen LogP contribution < -0.4 is 10.2 Å². The van der Waals surface area contributed by atoms with Gasteiger partial charge in [-0.1, -0.05) is 12.1 Å². The summed E-state index contributed by atoms with van der Waals surface area (Å²) in [6.45, 7) is 2.51. The van der Waals surface area contributed by atoms with Crippen LogP contribution in [0.4, 0.5) is 11.4 Å². The quantitative estimate of drug-likeness (QED) is 0.825. The van der Waals surface area contributed by atoms with Crippen LogP contribution in [0.15, 0.2) is 18.2 Å². The van der Waals surface area contributed by atoms with Crippen LogP contribution in [0.25, 0.3) is 0 Å². The van der Waals surface area contributed by atoms with Crippen molar-refractivity contribution < 1.29 is 14.7 Å². The van der Waals surface area contributed by atoms with Crippen molar-refractivity contribution in [2.24, 2.45) is 0 Å². The van der Waals surface area contributed by atoms with Crippen LogP contribution in [0.3, 0.4) is 0 Å². The Morgan fingerprint density at radius 1 is 1.53 bits per heavy atom. The Hall–Kier alpha value is -2.04. The number of amides is 1. The maximum absolute atomic E-state index is 11.5.